The number of amides is 2. The van der Waals surface area contributed by atoms with Gasteiger partial charge in [0.25, 0.3) is 0 Å². The number of nitrogens with one attached hydrogen (secondary N) is 3. The lowest BCUT2D eigenvalue weighted by Gasteiger charge is -2.05. The molecular weight excluding hydrogens is 262 g/mol. The summed E-state index contributed by atoms with van der Waals surface area (Å²) >= 11 is 1.39. The van der Waals surface area contributed by atoms with Gasteiger partial charge in [-0.05, 0) is 25.1 Å². The number of H-pyrrole nitrogens is 1. The molecule has 7 heteroatoms. The highest BCUT2D eigenvalue weighted by Gasteiger charge is 2.06. The summed E-state index contributed by atoms with van der Waals surface area (Å²) in [4.78, 5) is 23.1. The molecule has 6 nitrogen and oxygen atoms in total. The Balaban J connectivity index is 1.71. The summed E-state index contributed by atoms with van der Waals surface area (Å²) in [5, 5.41) is 7.90. The van der Waals surface area contributed by atoms with Crippen LogP contribution in [0, 0.1) is 6.92 Å². The second-order valence-corrected chi connectivity index (χ2v) is 4.87. The molecule has 3 N–H and O–H groups in total. The summed E-state index contributed by atoms with van der Waals surface area (Å²) in [6.07, 6.45) is 1.62. The molecule has 0 radical (unpaired) electrons. The van der Waals surface area contributed by atoms with Crippen LogP contribution in [0.3, 0.4) is 0 Å². The zero-order valence-corrected chi connectivity index (χ0v) is 10.9. The maximum Gasteiger partial charge on any atom is 0.325 e. The highest BCUT2D eigenvalue weighted by Crippen LogP contribution is 2.17. The molecule has 3 rings (SSSR count). The quantitative estimate of drug-likeness (QED) is 0.671. The first kappa shape index (κ1) is 11.7. The van der Waals surface area contributed by atoms with E-state index in [4.69, 9.17) is 0 Å². The summed E-state index contributed by atoms with van der Waals surface area (Å²) in [5.74, 6) is 0. The van der Waals surface area contributed by atoms with Crippen molar-refractivity contribution in [2.24, 2.45) is 0 Å². The summed E-state index contributed by atoms with van der Waals surface area (Å²) in [6, 6.07) is 5.16. The van der Waals surface area contributed by atoms with Crippen LogP contribution in [0.15, 0.2) is 29.9 Å². The molecule has 0 unspecified atom stereocenters. The monoisotopic (exact) mass is 273 g/mol. The molecule has 0 aliphatic rings. The van der Waals surface area contributed by atoms with Crippen molar-refractivity contribution in [1.82, 2.24) is 15.0 Å². The largest absolute Gasteiger partial charge is 0.345 e. The van der Waals surface area contributed by atoms with Crippen LogP contribution in [0.1, 0.15) is 5.69 Å². The van der Waals surface area contributed by atoms with Gasteiger partial charge in [0.2, 0.25) is 0 Å². The summed E-state index contributed by atoms with van der Waals surface area (Å²) in [7, 11) is 0. The van der Waals surface area contributed by atoms with E-state index in [0.717, 1.165) is 16.7 Å². The SMILES string of the molecule is Cc1csc(NC(=O)Nc2ccc3nc[nH]c3c2)n1. The van der Waals surface area contributed by atoms with E-state index in [9.17, 15) is 4.79 Å². The van der Waals surface area contributed by atoms with E-state index >= 15 is 0 Å². The molecule has 2 heterocycles. The number of nitrogens with zero attached hydrogens (tertiary/aromatic N) is 2. The molecule has 2 amide bonds. The van der Waals surface area contributed by atoms with E-state index in [1.807, 2.05) is 24.4 Å². The van der Waals surface area contributed by atoms with Gasteiger partial charge in [-0.3, -0.25) is 5.32 Å². The van der Waals surface area contributed by atoms with E-state index in [-0.39, 0.29) is 6.03 Å². The van der Waals surface area contributed by atoms with Crippen LogP contribution >= 0.6 is 11.3 Å². The van der Waals surface area contributed by atoms with Gasteiger partial charge in [-0.1, -0.05) is 0 Å². The molecule has 0 saturated heterocycles. The first-order valence-corrected chi connectivity index (χ1v) is 6.52. The first-order chi connectivity index (χ1) is 9.20. The topological polar surface area (TPSA) is 82.7 Å². The molecule has 96 valence electrons. The van der Waals surface area contributed by atoms with Crippen molar-refractivity contribution in [3.8, 4) is 0 Å². The zero-order valence-electron chi connectivity index (χ0n) is 10.1. The van der Waals surface area contributed by atoms with E-state index in [2.05, 4.69) is 25.6 Å². The fraction of sp³-hybridized carbons (Fsp3) is 0.0833. The first-order valence-electron chi connectivity index (χ1n) is 5.64. The Kier molecular flexibility index (Phi) is 2.88. The number of thiazole rings is 1. The Hall–Kier alpha value is -2.41. The second kappa shape index (κ2) is 4.69. The van der Waals surface area contributed by atoms with Crippen molar-refractivity contribution >= 4 is 39.2 Å². The van der Waals surface area contributed by atoms with E-state index in [1.165, 1.54) is 11.3 Å². The number of hydrogen-bond acceptors (Lipinski definition) is 4. The number of benzene rings is 1. The van der Waals surface area contributed by atoms with Gasteiger partial charge in [0.15, 0.2) is 5.13 Å². The van der Waals surface area contributed by atoms with E-state index < -0.39 is 0 Å². The third-order valence-corrected chi connectivity index (χ3v) is 3.39. The predicted octanol–water partition coefficient (Wildman–Crippen LogP) is 2.97. The highest BCUT2D eigenvalue weighted by molar-refractivity contribution is 7.13. The molecule has 0 bridgehead atoms. The zero-order chi connectivity index (χ0) is 13.2. The molecule has 0 atom stereocenters. The van der Waals surface area contributed by atoms with Crippen LogP contribution in [-0.2, 0) is 0 Å². The van der Waals surface area contributed by atoms with Gasteiger partial charge in [0.1, 0.15) is 0 Å². The molecule has 3 aromatic rings. The number of imidazole rings is 1. The standard InChI is InChI=1S/C12H11N5OS/c1-7-5-19-12(15-7)17-11(18)16-8-2-3-9-10(4-8)14-6-13-9/h2-6H,1H3,(H,13,14)(H2,15,16,17,18). The van der Waals surface area contributed by atoms with Gasteiger partial charge in [0, 0.05) is 11.1 Å². The van der Waals surface area contributed by atoms with Crippen LogP contribution < -0.4 is 10.6 Å². The van der Waals surface area contributed by atoms with Crippen molar-refractivity contribution in [3.05, 3.63) is 35.6 Å². The number of aromatic nitrogens is 3. The molecule has 19 heavy (non-hydrogen) atoms. The van der Waals surface area contributed by atoms with Crippen LogP contribution in [0.2, 0.25) is 0 Å². The van der Waals surface area contributed by atoms with Gasteiger partial charge in [-0.25, -0.2) is 14.8 Å². The normalized spacial score (nSPS) is 10.6. The number of rotatable bonds is 2. The molecule has 0 saturated carbocycles. The Bertz CT molecular complexity index is 732. The maximum absolute atomic E-state index is 11.8. The average molecular weight is 273 g/mol. The number of carbonyl (C=O) groups excluding carboxylic acids is 1. The van der Waals surface area contributed by atoms with Gasteiger partial charge in [0.05, 0.1) is 23.1 Å². The van der Waals surface area contributed by atoms with Crippen molar-refractivity contribution in [2.75, 3.05) is 10.6 Å². The molecule has 1 aromatic carbocycles. The van der Waals surface area contributed by atoms with E-state index in [1.54, 1.807) is 12.4 Å². The van der Waals surface area contributed by atoms with Gasteiger partial charge in [-0.15, -0.1) is 11.3 Å². The molecule has 0 aliphatic heterocycles. The number of aryl methyl sites for hydroxylation is 1. The van der Waals surface area contributed by atoms with Crippen molar-refractivity contribution < 1.29 is 4.79 Å². The number of fused-ring (bicyclic) bond motifs is 1. The molecule has 0 aliphatic carbocycles. The molecular formula is C12H11N5OS. The Morgan fingerprint density at radius 2 is 2.26 bits per heavy atom. The van der Waals surface area contributed by atoms with Crippen molar-refractivity contribution in [1.29, 1.82) is 0 Å². The number of hydrogen-bond donors (Lipinski definition) is 3. The second-order valence-electron chi connectivity index (χ2n) is 4.01. The van der Waals surface area contributed by atoms with Crippen molar-refractivity contribution in [2.45, 2.75) is 6.92 Å². The fourth-order valence-electron chi connectivity index (χ4n) is 1.68. The number of urea groups is 1. The highest BCUT2D eigenvalue weighted by atomic mass is 32.1. The fourth-order valence-corrected chi connectivity index (χ4v) is 2.37. The van der Waals surface area contributed by atoms with Crippen LogP contribution in [0.25, 0.3) is 11.0 Å². The Labute approximate surface area is 112 Å². The average Bonchev–Trinajstić information content (AvgIpc) is 2.97. The number of anilines is 2. The minimum atomic E-state index is -0.312. The van der Waals surface area contributed by atoms with E-state index in [0.29, 0.717) is 10.8 Å². The number of aromatic amines is 1. The lowest BCUT2D eigenvalue weighted by Crippen LogP contribution is -2.19. The van der Waals surface area contributed by atoms with Crippen LogP contribution in [-0.4, -0.2) is 21.0 Å². The summed E-state index contributed by atoms with van der Waals surface area (Å²) in [5.41, 5.74) is 3.33. The minimum absolute atomic E-state index is 0.312. The summed E-state index contributed by atoms with van der Waals surface area (Å²) in [6.45, 7) is 1.88. The van der Waals surface area contributed by atoms with Crippen molar-refractivity contribution in [3.63, 3.8) is 0 Å². The third-order valence-electron chi connectivity index (χ3n) is 2.52. The molecule has 0 spiro atoms. The Morgan fingerprint density at radius 1 is 1.37 bits per heavy atom. The van der Waals surface area contributed by atoms with Crippen LogP contribution in [0.4, 0.5) is 15.6 Å². The third kappa shape index (κ3) is 2.55. The Morgan fingerprint density at radius 3 is 3.05 bits per heavy atom. The lowest BCUT2D eigenvalue weighted by atomic mass is 10.3. The van der Waals surface area contributed by atoms with Crippen LogP contribution in [0.5, 0.6) is 0 Å². The lowest BCUT2D eigenvalue weighted by molar-refractivity contribution is 0.262. The number of carbonyl (C=O) groups is 1. The smallest absolute Gasteiger partial charge is 0.325 e. The van der Waals surface area contributed by atoms with Gasteiger partial charge in [-0.2, -0.15) is 0 Å². The predicted molar refractivity (Wildman–Crippen MR) is 75.6 cm³/mol. The minimum Gasteiger partial charge on any atom is -0.345 e. The molecule has 2 aromatic heterocycles. The van der Waals surface area contributed by atoms with Gasteiger partial charge < -0.3 is 10.3 Å². The maximum atomic E-state index is 11.8. The summed E-state index contributed by atoms with van der Waals surface area (Å²) < 4.78 is 0. The van der Waals surface area contributed by atoms with Gasteiger partial charge >= 0.3 is 6.03 Å². The molecule has 0 fully saturated rings.